The molecule has 1 aliphatic rings. The lowest BCUT2D eigenvalue weighted by Gasteiger charge is -2.34. The number of fused-ring (bicyclic) bond motifs is 3. The fourth-order valence-corrected chi connectivity index (χ4v) is 3.82. The van der Waals surface area contributed by atoms with Gasteiger partial charge in [0.15, 0.2) is 11.3 Å². The normalized spacial score (nSPS) is 15.2. The third-order valence-corrected chi connectivity index (χ3v) is 5.38. The number of rotatable bonds is 3. The van der Waals surface area contributed by atoms with Gasteiger partial charge in [-0.25, -0.2) is 9.73 Å². The van der Waals surface area contributed by atoms with Gasteiger partial charge in [0.05, 0.1) is 10.9 Å². The van der Waals surface area contributed by atoms with Crippen molar-refractivity contribution in [2.75, 3.05) is 26.2 Å². The van der Waals surface area contributed by atoms with Crippen LogP contribution in [0.3, 0.4) is 0 Å². The molecule has 2 aromatic carbocycles. The average molecular weight is 388 g/mol. The van der Waals surface area contributed by atoms with Crippen molar-refractivity contribution >= 4 is 22.5 Å². The van der Waals surface area contributed by atoms with Gasteiger partial charge in [-0.2, -0.15) is 4.98 Å². The van der Waals surface area contributed by atoms with Gasteiger partial charge in [-0.15, -0.1) is 5.10 Å². The van der Waals surface area contributed by atoms with E-state index in [4.69, 9.17) is 0 Å². The van der Waals surface area contributed by atoms with Crippen LogP contribution in [-0.4, -0.2) is 61.7 Å². The number of piperazine rings is 1. The van der Waals surface area contributed by atoms with Crippen LogP contribution in [0, 0.1) is 0 Å². The zero-order valence-electron chi connectivity index (χ0n) is 15.8. The van der Waals surface area contributed by atoms with Crippen LogP contribution in [0.1, 0.15) is 16.1 Å². The summed E-state index contributed by atoms with van der Waals surface area (Å²) in [5.41, 5.74) is 2.02. The van der Waals surface area contributed by atoms with Crippen LogP contribution >= 0.6 is 0 Å². The van der Waals surface area contributed by atoms with Gasteiger partial charge in [-0.05, 0) is 17.7 Å². The van der Waals surface area contributed by atoms with Crippen LogP contribution in [0.4, 0.5) is 0 Å². The molecule has 0 bridgehead atoms. The van der Waals surface area contributed by atoms with Crippen molar-refractivity contribution in [1.82, 2.24) is 29.6 Å². The second-order valence-corrected chi connectivity index (χ2v) is 7.21. The van der Waals surface area contributed by atoms with Gasteiger partial charge in [0.2, 0.25) is 0 Å². The summed E-state index contributed by atoms with van der Waals surface area (Å²) in [6.07, 6.45) is 0. The highest BCUT2D eigenvalue weighted by molar-refractivity contribution is 5.98. The molecule has 0 aliphatic carbocycles. The maximum Gasteiger partial charge on any atom is 0.281 e. The second kappa shape index (κ2) is 7.14. The number of carbonyl (C=O) groups is 1. The van der Waals surface area contributed by atoms with Crippen LogP contribution in [-0.2, 0) is 6.54 Å². The van der Waals surface area contributed by atoms with E-state index in [1.807, 2.05) is 24.3 Å². The Morgan fingerprint density at radius 3 is 2.48 bits per heavy atom. The summed E-state index contributed by atoms with van der Waals surface area (Å²) >= 11 is 0. The first-order valence-electron chi connectivity index (χ1n) is 9.62. The predicted molar refractivity (Wildman–Crippen MR) is 109 cm³/mol. The maximum atomic E-state index is 13.1. The smallest absolute Gasteiger partial charge is 0.281 e. The highest BCUT2D eigenvalue weighted by atomic mass is 16.2. The number of carbonyl (C=O) groups excluding carboxylic acids is 1. The SMILES string of the molecule is O=C(c1n[nH]n2c1nc(=O)c1ccccc12)N1CCN(Cc2ccccc2)CC1. The minimum atomic E-state index is -0.358. The van der Waals surface area contributed by atoms with Crippen LogP contribution in [0.15, 0.2) is 59.4 Å². The number of amides is 1. The van der Waals surface area contributed by atoms with Crippen LogP contribution in [0.2, 0.25) is 0 Å². The highest BCUT2D eigenvalue weighted by Crippen LogP contribution is 2.15. The average Bonchev–Trinajstić information content (AvgIpc) is 3.19. The Balaban J connectivity index is 1.36. The molecule has 0 spiro atoms. The first-order chi connectivity index (χ1) is 14.2. The zero-order chi connectivity index (χ0) is 19.8. The number of benzene rings is 2. The number of nitrogens with zero attached hydrogens (tertiary/aromatic N) is 5. The summed E-state index contributed by atoms with van der Waals surface area (Å²) in [6.45, 7) is 3.68. The Kier molecular flexibility index (Phi) is 4.33. The molecular formula is C21H20N6O2. The number of hydrogen-bond donors (Lipinski definition) is 1. The third kappa shape index (κ3) is 3.17. The van der Waals surface area contributed by atoms with Crippen molar-refractivity contribution in [1.29, 1.82) is 0 Å². The Morgan fingerprint density at radius 2 is 1.69 bits per heavy atom. The number of aromatic nitrogens is 4. The van der Waals surface area contributed by atoms with Gasteiger partial charge in [0.25, 0.3) is 11.5 Å². The molecule has 1 amide bonds. The van der Waals surface area contributed by atoms with E-state index in [0.717, 1.165) is 19.6 Å². The Labute approximate surface area is 166 Å². The molecule has 0 radical (unpaired) electrons. The number of para-hydroxylation sites is 1. The molecule has 0 atom stereocenters. The molecule has 146 valence electrons. The molecule has 5 rings (SSSR count). The van der Waals surface area contributed by atoms with Crippen molar-refractivity contribution in [3.8, 4) is 0 Å². The fourth-order valence-electron chi connectivity index (χ4n) is 3.82. The first-order valence-corrected chi connectivity index (χ1v) is 9.62. The van der Waals surface area contributed by atoms with E-state index in [1.165, 1.54) is 5.56 Å². The number of H-pyrrole nitrogens is 1. The number of hydrogen-bond acceptors (Lipinski definition) is 5. The van der Waals surface area contributed by atoms with Gasteiger partial charge in [-0.1, -0.05) is 42.5 Å². The molecule has 1 aliphatic heterocycles. The summed E-state index contributed by atoms with van der Waals surface area (Å²) in [5, 5.41) is 7.50. The lowest BCUT2D eigenvalue weighted by atomic mass is 10.2. The van der Waals surface area contributed by atoms with Gasteiger partial charge >= 0.3 is 0 Å². The van der Waals surface area contributed by atoms with E-state index >= 15 is 0 Å². The first kappa shape index (κ1) is 17.6. The summed E-state index contributed by atoms with van der Waals surface area (Å²) in [5.74, 6) is -0.203. The van der Waals surface area contributed by atoms with Gasteiger partial charge < -0.3 is 4.90 Å². The summed E-state index contributed by atoms with van der Waals surface area (Å²) < 4.78 is 1.59. The Hall–Kier alpha value is -3.52. The van der Waals surface area contributed by atoms with Crippen molar-refractivity contribution in [2.24, 2.45) is 0 Å². The molecule has 1 fully saturated rings. The lowest BCUT2D eigenvalue weighted by Crippen LogP contribution is -2.48. The van der Waals surface area contributed by atoms with Crippen LogP contribution in [0.25, 0.3) is 16.6 Å². The van der Waals surface area contributed by atoms with Crippen molar-refractivity contribution < 1.29 is 4.79 Å². The number of aromatic amines is 1. The van der Waals surface area contributed by atoms with Crippen LogP contribution in [0.5, 0.6) is 0 Å². The lowest BCUT2D eigenvalue weighted by molar-refractivity contribution is 0.0624. The third-order valence-electron chi connectivity index (χ3n) is 5.38. The molecule has 3 heterocycles. The Morgan fingerprint density at radius 1 is 0.966 bits per heavy atom. The van der Waals surface area contributed by atoms with E-state index in [0.29, 0.717) is 24.0 Å². The van der Waals surface area contributed by atoms with E-state index < -0.39 is 0 Å². The molecule has 29 heavy (non-hydrogen) atoms. The minimum Gasteiger partial charge on any atom is -0.335 e. The molecule has 8 heteroatoms. The van der Waals surface area contributed by atoms with Crippen LogP contribution < -0.4 is 5.56 Å². The molecule has 0 saturated carbocycles. The summed E-state index contributed by atoms with van der Waals surface area (Å²) in [6, 6.07) is 17.5. The maximum absolute atomic E-state index is 13.1. The summed E-state index contributed by atoms with van der Waals surface area (Å²) in [7, 11) is 0. The van der Waals surface area contributed by atoms with Crippen molar-refractivity contribution in [2.45, 2.75) is 6.54 Å². The quantitative estimate of drug-likeness (QED) is 0.575. The molecule has 4 aromatic rings. The fraction of sp³-hybridized carbons (Fsp3) is 0.238. The van der Waals surface area contributed by atoms with E-state index in [2.05, 4.69) is 32.3 Å². The minimum absolute atomic E-state index is 0.185. The van der Waals surface area contributed by atoms with Gasteiger partial charge in [-0.3, -0.25) is 14.5 Å². The Bertz CT molecular complexity index is 1240. The number of nitrogens with one attached hydrogen (secondary N) is 1. The highest BCUT2D eigenvalue weighted by Gasteiger charge is 2.26. The van der Waals surface area contributed by atoms with Gasteiger partial charge in [0.1, 0.15) is 0 Å². The van der Waals surface area contributed by atoms with E-state index in [-0.39, 0.29) is 22.8 Å². The molecule has 1 saturated heterocycles. The molecule has 2 aromatic heterocycles. The molecule has 8 nitrogen and oxygen atoms in total. The largest absolute Gasteiger partial charge is 0.335 e. The monoisotopic (exact) mass is 388 g/mol. The topological polar surface area (TPSA) is 86.6 Å². The summed E-state index contributed by atoms with van der Waals surface area (Å²) in [4.78, 5) is 33.6. The molecule has 0 unspecified atom stereocenters. The standard InChI is InChI=1S/C21H20N6O2/c28-20-16-8-4-5-9-17(16)27-19(22-20)18(23-24-27)21(29)26-12-10-25(11-13-26)14-15-6-2-1-3-7-15/h1-9,24H,10-14H2. The zero-order valence-corrected chi connectivity index (χ0v) is 15.8. The molecular weight excluding hydrogens is 368 g/mol. The van der Waals surface area contributed by atoms with Crippen molar-refractivity contribution in [3.05, 3.63) is 76.2 Å². The second-order valence-electron chi connectivity index (χ2n) is 7.21. The predicted octanol–water partition coefficient (Wildman–Crippen LogP) is 1.53. The molecule has 1 N–H and O–H groups in total. The van der Waals surface area contributed by atoms with Crippen molar-refractivity contribution in [3.63, 3.8) is 0 Å². The van der Waals surface area contributed by atoms with E-state index in [9.17, 15) is 9.59 Å². The van der Waals surface area contributed by atoms with E-state index in [1.54, 1.807) is 27.6 Å². The van der Waals surface area contributed by atoms with Gasteiger partial charge in [0, 0.05) is 32.7 Å².